The Balaban J connectivity index is 1.79. The Hall–Kier alpha value is -1.75. The third-order valence-electron chi connectivity index (χ3n) is 3.24. The molecule has 0 aromatic heterocycles. The van der Waals surface area contributed by atoms with Gasteiger partial charge in [-0.2, -0.15) is 0 Å². The molecule has 1 heterocycles. The molecular formula is C15H21NO4. The summed E-state index contributed by atoms with van der Waals surface area (Å²) in [7, 11) is 1.60. The standard InChI is InChI=1S/C15H21NO4/c1-12-11-16(8-10-19-12)15(17)7-9-20-14-6-4-3-5-13(14)18-2/h3-6,12H,7-11H2,1-2H3. The van der Waals surface area contributed by atoms with E-state index in [2.05, 4.69) is 0 Å². The highest BCUT2D eigenvalue weighted by atomic mass is 16.5. The van der Waals surface area contributed by atoms with Gasteiger partial charge < -0.3 is 19.1 Å². The second-order valence-electron chi connectivity index (χ2n) is 4.77. The third-order valence-corrected chi connectivity index (χ3v) is 3.24. The molecule has 2 rings (SSSR count). The molecule has 1 fully saturated rings. The molecular weight excluding hydrogens is 258 g/mol. The maximum Gasteiger partial charge on any atom is 0.226 e. The lowest BCUT2D eigenvalue weighted by molar-refractivity contribution is -0.138. The Bertz CT molecular complexity index is 449. The minimum absolute atomic E-state index is 0.107. The molecule has 20 heavy (non-hydrogen) atoms. The van der Waals surface area contributed by atoms with Crippen LogP contribution in [0.4, 0.5) is 0 Å². The monoisotopic (exact) mass is 279 g/mol. The molecule has 0 N–H and O–H groups in total. The first-order chi connectivity index (χ1) is 9.70. The van der Waals surface area contributed by atoms with E-state index in [4.69, 9.17) is 14.2 Å². The number of para-hydroxylation sites is 2. The van der Waals surface area contributed by atoms with Crippen molar-refractivity contribution in [3.8, 4) is 11.5 Å². The van der Waals surface area contributed by atoms with E-state index in [0.29, 0.717) is 44.2 Å². The van der Waals surface area contributed by atoms with Crippen molar-refractivity contribution in [1.82, 2.24) is 4.90 Å². The number of morpholine rings is 1. The van der Waals surface area contributed by atoms with Crippen LogP contribution < -0.4 is 9.47 Å². The maximum absolute atomic E-state index is 12.0. The number of methoxy groups -OCH3 is 1. The van der Waals surface area contributed by atoms with Crippen LogP contribution in [-0.4, -0.2) is 50.3 Å². The van der Waals surface area contributed by atoms with Crippen molar-refractivity contribution in [2.24, 2.45) is 0 Å². The fourth-order valence-corrected chi connectivity index (χ4v) is 2.19. The summed E-state index contributed by atoms with van der Waals surface area (Å²) in [4.78, 5) is 13.9. The summed E-state index contributed by atoms with van der Waals surface area (Å²) in [6, 6.07) is 7.43. The fraction of sp³-hybridized carbons (Fsp3) is 0.533. The molecule has 1 aliphatic heterocycles. The molecule has 1 aromatic carbocycles. The third kappa shape index (κ3) is 3.87. The van der Waals surface area contributed by atoms with E-state index in [-0.39, 0.29) is 12.0 Å². The van der Waals surface area contributed by atoms with Gasteiger partial charge in [0.15, 0.2) is 11.5 Å². The molecule has 1 unspecified atom stereocenters. The molecule has 1 aromatic rings. The highest BCUT2D eigenvalue weighted by Gasteiger charge is 2.21. The van der Waals surface area contributed by atoms with Gasteiger partial charge in [0, 0.05) is 13.1 Å². The number of benzene rings is 1. The van der Waals surface area contributed by atoms with Crippen molar-refractivity contribution in [3.05, 3.63) is 24.3 Å². The summed E-state index contributed by atoms with van der Waals surface area (Å²) in [6.45, 7) is 4.27. The summed E-state index contributed by atoms with van der Waals surface area (Å²) in [5.41, 5.74) is 0. The number of ether oxygens (including phenoxy) is 3. The Morgan fingerprint density at radius 1 is 1.40 bits per heavy atom. The van der Waals surface area contributed by atoms with Crippen LogP contribution in [-0.2, 0) is 9.53 Å². The van der Waals surface area contributed by atoms with E-state index < -0.39 is 0 Å². The van der Waals surface area contributed by atoms with E-state index in [9.17, 15) is 4.79 Å². The Morgan fingerprint density at radius 2 is 2.15 bits per heavy atom. The van der Waals surface area contributed by atoms with Crippen LogP contribution in [0.15, 0.2) is 24.3 Å². The molecule has 5 nitrogen and oxygen atoms in total. The van der Waals surface area contributed by atoms with Gasteiger partial charge in [0.25, 0.3) is 0 Å². The first kappa shape index (κ1) is 14.7. The Morgan fingerprint density at radius 3 is 2.85 bits per heavy atom. The second-order valence-corrected chi connectivity index (χ2v) is 4.77. The smallest absolute Gasteiger partial charge is 0.226 e. The zero-order valence-corrected chi connectivity index (χ0v) is 12.0. The van der Waals surface area contributed by atoms with Crippen molar-refractivity contribution in [2.45, 2.75) is 19.4 Å². The lowest BCUT2D eigenvalue weighted by Gasteiger charge is -2.31. The Kier molecular flexibility index (Phi) is 5.24. The van der Waals surface area contributed by atoms with Gasteiger partial charge in [-0.3, -0.25) is 4.79 Å². The normalized spacial score (nSPS) is 18.7. The van der Waals surface area contributed by atoms with Gasteiger partial charge in [-0.15, -0.1) is 0 Å². The molecule has 110 valence electrons. The van der Waals surface area contributed by atoms with E-state index >= 15 is 0 Å². The van der Waals surface area contributed by atoms with Crippen molar-refractivity contribution in [1.29, 1.82) is 0 Å². The number of carbonyl (C=O) groups excluding carboxylic acids is 1. The van der Waals surface area contributed by atoms with Gasteiger partial charge in [0.2, 0.25) is 5.91 Å². The highest BCUT2D eigenvalue weighted by Crippen LogP contribution is 2.25. The van der Waals surface area contributed by atoms with Crippen LogP contribution in [0, 0.1) is 0 Å². The van der Waals surface area contributed by atoms with Crippen molar-refractivity contribution < 1.29 is 19.0 Å². The molecule has 0 saturated carbocycles. The first-order valence-electron chi connectivity index (χ1n) is 6.86. The van der Waals surface area contributed by atoms with Gasteiger partial charge in [-0.05, 0) is 19.1 Å². The summed E-state index contributed by atoms with van der Waals surface area (Å²) in [5, 5.41) is 0. The molecule has 1 saturated heterocycles. The lowest BCUT2D eigenvalue weighted by Crippen LogP contribution is -2.44. The van der Waals surface area contributed by atoms with Gasteiger partial charge >= 0.3 is 0 Å². The first-order valence-corrected chi connectivity index (χ1v) is 6.86. The van der Waals surface area contributed by atoms with Gasteiger partial charge in [-0.25, -0.2) is 0 Å². The molecule has 1 amide bonds. The topological polar surface area (TPSA) is 48.0 Å². The summed E-state index contributed by atoms with van der Waals surface area (Å²) in [5.74, 6) is 1.45. The zero-order chi connectivity index (χ0) is 14.4. The highest BCUT2D eigenvalue weighted by molar-refractivity contribution is 5.76. The van der Waals surface area contributed by atoms with Gasteiger partial charge in [0.05, 0.1) is 32.8 Å². The summed E-state index contributed by atoms with van der Waals surface area (Å²) in [6.07, 6.45) is 0.480. The van der Waals surface area contributed by atoms with E-state index in [1.807, 2.05) is 36.1 Å². The minimum atomic E-state index is 0.107. The minimum Gasteiger partial charge on any atom is -0.493 e. The number of hydrogen-bond donors (Lipinski definition) is 0. The molecule has 0 bridgehead atoms. The van der Waals surface area contributed by atoms with Crippen LogP contribution in [0.25, 0.3) is 0 Å². The van der Waals surface area contributed by atoms with Crippen LogP contribution in [0.2, 0.25) is 0 Å². The number of carbonyl (C=O) groups is 1. The van der Waals surface area contributed by atoms with Crippen LogP contribution in [0.1, 0.15) is 13.3 Å². The van der Waals surface area contributed by atoms with Gasteiger partial charge in [0.1, 0.15) is 0 Å². The van der Waals surface area contributed by atoms with Crippen LogP contribution in [0.5, 0.6) is 11.5 Å². The predicted octanol–water partition coefficient (Wildman–Crippen LogP) is 1.71. The summed E-state index contributed by atoms with van der Waals surface area (Å²) >= 11 is 0. The average Bonchev–Trinajstić information content (AvgIpc) is 2.47. The van der Waals surface area contributed by atoms with Crippen molar-refractivity contribution >= 4 is 5.91 Å². The molecule has 1 aliphatic rings. The SMILES string of the molecule is COc1ccccc1OCCC(=O)N1CCOC(C)C1. The number of hydrogen-bond acceptors (Lipinski definition) is 4. The quantitative estimate of drug-likeness (QED) is 0.823. The molecule has 5 heteroatoms. The van der Waals surface area contributed by atoms with E-state index in [0.717, 1.165) is 0 Å². The predicted molar refractivity (Wildman–Crippen MR) is 75.1 cm³/mol. The number of rotatable bonds is 5. The van der Waals surface area contributed by atoms with E-state index in [1.165, 1.54) is 0 Å². The van der Waals surface area contributed by atoms with Crippen LogP contribution in [0.3, 0.4) is 0 Å². The van der Waals surface area contributed by atoms with E-state index in [1.54, 1.807) is 7.11 Å². The maximum atomic E-state index is 12.0. The van der Waals surface area contributed by atoms with Gasteiger partial charge in [-0.1, -0.05) is 12.1 Å². The zero-order valence-electron chi connectivity index (χ0n) is 12.0. The lowest BCUT2D eigenvalue weighted by atomic mass is 10.2. The molecule has 1 atom stereocenters. The summed E-state index contributed by atoms with van der Waals surface area (Å²) < 4.78 is 16.2. The van der Waals surface area contributed by atoms with Crippen molar-refractivity contribution in [2.75, 3.05) is 33.4 Å². The number of nitrogens with zero attached hydrogens (tertiary/aromatic N) is 1. The second kappa shape index (κ2) is 7.14. The molecule has 0 aliphatic carbocycles. The Labute approximate surface area is 119 Å². The number of amides is 1. The van der Waals surface area contributed by atoms with Crippen LogP contribution >= 0.6 is 0 Å². The molecule has 0 spiro atoms. The average molecular weight is 279 g/mol. The molecule has 0 radical (unpaired) electrons. The largest absolute Gasteiger partial charge is 0.493 e. The van der Waals surface area contributed by atoms with Crippen molar-refractivity contribution in [3.63, 3.8) is 0 Å². The fourth-order valence-electron chi connectivity index (χ4n) is 2.19.